The summed E-state index contributed by atoms with van der Waals surface area (Å²) in [6.07, 6.45) is -0.625. The number of ether oxygens (including phenoxy) is 1. The predicted molar refractivity (Wildman–Crippen MR) is 78.9 cm³/mol. The highest BCUT2D eigenvalue weighted by atomic mass is 79.9. The SMILES string of the molecule is C[C@@H](O)c1ccc(Oc2cc(Br)cc(F)c2F)c(Br)c1. The van der Waals surface area contributed by atoms with Crippen molar-refractivity contribution in [3.63, 3.8) is 0 Å². The van der Waals surface area contributed by atoms with Crippen molar-refractivity contribution in [2.45, 2.75) is 13.0 Å². The Morgan fingerprint density at radius 3 is 2.40 bits per heavy atom. The van der Waals surface area contributed by atoms with Gasteiger partial charge in [0.25, 0.3) is 0 Å². The highest BCUT2D eigenvalue weighted by Crippen LogP contribution is 2.34. The van der Waals surface area contributed by atoms with Crippen molar-refractivity contribution in [2.24, 2.45) is 0 Å². The lowest BCUT2D eigenvalue weighted by molar-refractivity contribution is 0.199. The standard InChI is InChI=1S/C14H10Br2F2O2/c1-7(19)8-2-3-12(10(16)4-8)20-13-6-9(15)5-11(17)14(13)18/h2-7,19H,1H3/t7-/m1/s1. The molecule has 0 amide bonds. The summed E-state index contributed by atoms with van der Waals surface area (Å²) in [5, 5.41) is 9.47. The monoisotopic (exact) mass is 406 g/mol. The molecule has 2 rings (SSSR count). The Labute approximate surface area is 131 Å². The molecule has 20 heavy (non-hydrogen) atoms. The van der Waals surface area contributed by atoms with Crippen molar-refractivity contribution < 1.29 is 18.6 Å². The molecule has 0 saturated carbocycles. The maximum absolute atomic E-state index is 13.6. The first kappa shape index (κ1) is 15.4. The summed E-state index contributed by atoms with van der Waals surface area (Å²) in [5.74, 6) is -1.95. The number of halogens is 4. The van der Waals surface area contributed by atoms with E-state index in [9.17, 15) is 13.9 Å². The van der Waals surface area contributed by atoms with Crippen molar-refractivity contribution in [3.05, 3.63) is 56.5 Å². The van der Waals surface area contributed by atoms with Gasteiger partial charge in [0, 0.05) is 4.47 Å². The Kier molecular flexibility index (Phi) is 4.78. The third-order valence-electron chi connectivity index (χ3n) is 2.62. The Morgan fingerprint density at radius 2 is 1.80 bits per heavy atom. The average Bonchev–Trinajstić information content (AvgIpc) is 2.37. The molecule has 0 aromatic heterocycles. The first-order valence-corrected chi connectivity index (χ1v) is 7.27. The van der Waals surface area contributed by atoms with Crippen LogP contribution in [0, 0.1) is 11.6 Å². The molecular weight excluding hydrogens is 398 g/mol. The van der Waals surface area contributed by atoms with Gasteiger partial charge >= 0.3 is 0 Å². The third kappa shape index (κ3) is 3.37. The Balaban J connectivity index is 2.35. The number of aliphatic hydroxyl groups excluding tert-OH is 1. The lowest BCUT2D eigenvalue weighted by Crippen LogP contribution is -1.95. The molecule has 0 unspecified atom stereocenters. The number of hydrogen-bond donors (Lipinski definition) is 1. The fourth-order valence-electron chi connectivity index (χ4n) is 1.58. The van der Waals surface area contributed by atoms with Crippen molar-refractivity contribution in [2.75, 3.05) is 0 Å². The summed E-state index contributed by atoms with van der Waals surface area (Å²) in [7, 11) is 0. The molecule has 0 aliphatic rings. The van der Waals surface area contributed by atoms with Gasteiger partial charge in [-0.15, -0.1) is 0 Å². The Morgan fingerprint density at radius 1 is 1.10 bits per heavy atom. The van der Waals surface area contributed by atoms with Gasteiger partial charge in [0.1, 0.15) is 5.75 Å². The normalized spacial score (nSPS) is 12.3. The maximum atomic E-state index is 13.6. The van der Waals surface area contributed by atoms with E-state index in [1.165, 1.54) is 6.07 Å². The summed E-state index contributed by atoms with van der Waals surface area (Å²) in [4.78, 5) is 0. The van der Waals surface area contributed by atoms with Crippen LogP contribution in [0.2, 0.25) is 0 Å². The summed E-state index contributed by atoms with van der Waals surface area (Å²) in [5.41, 5.74) is 0.685. The van der Waals surface area contributed by atoms with Gasteiger partial charge in [-0.3, -0.25) is 0 Å². The van der Waals surface area contributed by atoms with Gasteiger partial charge in [0.15, 0.2) is 11.6 Å². The predicted octanol–water partition coefficient (Wildman–Crippen LogP) is 5.34. The highest BCUT2D eigenvalue weighted by molar-refractivity contribution is 9.10. The van der Waals surface area contributed by atoms with E-state index in [1.807, 2.05) is 0 Å². The minimum absolute atomic E-state index is 0.220. The van der Waals surface area contributed by atoms with Gasteiger partial charge in [-0.05, 0) is 52.7 Å². The summed E-state index contributed by atoms with van der Waals surface area (Å²) in [6.45, 7) is 1.63. The first-order chi connectivity index (χ1) is 9.38. The summed E-state index contributed by atoms with van der Waals surface area (Å²) >= 11 is 6.35. The average molecular weight is 408 g/mol. The van der Waals surface area contributed by atoms with E-state index >= 15 is 0 Å². The largest absolute Gasteiger partial charge is 0.453 e. The van der Waals surface area contributed by atoms with Gasteiger partial charge in [0.2, 0.25) is 5.82 Å². The van der Waals surface area contributed by atoms with E-state index in [1.54, 1.807) is 25.1 Å². The molecule has 1 N–H and O–H groups in total. The van der Waals surface area contributed by atoms with Gasteiger partial charge in [-0.2, -0.15) is 4.39 Å². The molecule has 6 heteroatoms. The molecule has 2 aromatic carbocycles. The van der Waals surface area contributed by atoms with Crippen molar-refractivity contribution in [1.29, 1.82) is 0 Å². The van der Waals surface area contributed by atoms with Crippen LogP contribution in [-0.2, 0) is 0 Å². The van der Waals surface area contributed by atoms with E-state index in [4.69, 9.17) is 4.74 Å². The second kappa shape index (κ2) is 6.20. The van der Waals surface area contributed by atoms with Crippen LogP contribution in [0.5, 0.6) is 11.5 Å². The van der Waals surface area contributed by atoms with Crippen LogP contribution < -0.4 is 4.74 Å². The molecule has 0 aliphatic carbocycles. The first-order valence-electron chi connectivity index (χ1n) is 5.68. The highest BCUT2D eigenvalue weighted by Gasteiger charge is 2.14. The van der Waals surface area contributed by atoms with Crippen molar-refractivity contribution >= 4 is 31.9 Å². The molecular formula is C14H10Br2F2O2. The van der Waals surface area contributed by atoms with E-state index in [0.29, 0.717) is 20.3 Å². The molecule has 0 aliphatic heterocycles. The molecule has 0 bridgehead atoms. The quantitative estimate of drug-likeness (QED) is 0.696. The van der Waals surface area contributed by atoms with Crippen molar-refractivity contribution in [3.8, 4) is 11.5 Å². The van der Waals surface area contributed by atoms with Crippen LogP contribution in [0.3, 0.4) is 0 Å². The van der Waals surface area contributed by atoms with Crippen LogP contribution in [0.15, 0.2) is 39.3 Å². The smallest absolute Gasteiger partial charge is 0.201 e. The fourth-order valence-corrected chi connectivity index (χ4v) is 2.47. The fraction of sp³-hybridized carbons (Fsp3) is 0.143. The number of hydrogen-bond acceptors (Lipinski definition) is 2. The molecule has 0 fully saturated rings. The minimum Gasteiger partial charge on any atom is -0.453 e. The number of rotatable bonds is 3. The summed E-state index contributed by atoms with van der Waals surface area (Å²) < 4.78 is 33.2. The number of aliphatic hydroxyl groups is 1. The summed E-state index contributed by atoms with van der Waals surface area (Å²) in [6, 6.07) is 7.24. The number of benzene rings is 2. The lowest BCUT2D eigenvalue weighted by atomic mass is 10.1. The molecule has 1 atom stereocenters. The van der Waals surface area contributed by atoms with E-state index in [2.05, 4.69) is 31.9 Å². The molecule has 2 nitrogen and oxygen atoms in total. The van der Waals surface area contributed by atoms with Gasteiger partial charge in [-0.25, -0.2) is 4.39 Å². The second-order valence-corrected chi connectivity index (χ2v) is 5.94. The maximum Gasteiger partial charge on any atom is 0.201 e. The topological polar surface area (TPSA) is 29.5 Å². The molecule has 0 heterocycles. The van der Waals surface area contributed by atoms with Crippen LogP contribution in [0.4, 0.5) is 8.78 Å². The Bertz CT molecular complexity index is 645. The van der Waals surface area contributed by atoms with Crippen LogP contribution >= 0.6 is 31.9 Å². The van der Waals surface area contributed by atoms with Crippen LogP contribution in [-0.4, -0.2) is 5.11 Å². The van der Waals surface area contributed by atoms with Gasteiger partial charge in [0.05, 0.1) is 10.6 Å². The molecule has 106 valence electrons. The molecule has 0 saturated heterocycles. The minimum atomic E-state index is -1.06. The second-order valence-electron chi connectivity index (χ2n) is 4.17. The van der Waals surface area contributed by atoms with Crippen LogP contribution in [0.25, 0.3) is 0 Å². The third-order valence-corrected chi connectivity index (χ3v) is 3.70. The van der Waals surface area contributed by atoms with E-state index in [-0.39, 0.29) is 5.75 Å². The van der Waals surface area contributed by atoms with Crippen LogP contribution in [0.1, 0.15) is 18.6 Å². The zero-order chi connectivity index (χ0) is 14.9. The molecule has 2 aromatic rings. The Hall–Kier alpha value is -0.980. The van der Waals surface area contributed by atoms with E-state index < -0.39 is 17.7 Å². The van der Waals surface area contributed by atoms with Gasteiger partial charge in [-0.1, -0.05) is 22.0 Å². The molecule has 0 radical (unpaired) electrons. The van der Waals surface area contributed by atoms with Crippen molar-refractivity contribution in [1.82, 2.24) is 0 Å². The molecule has 0 spiro atoms. The zero-order valence-electron chi connectivity index (χ0n) is 10.3. The van der Waals surface area contributed by atoms with Gasteiger partial charge < -0.3 is 9.84 Å². The van der Waals surface area contributed by atoms with E-state index in [0.717, 1.165) is 6.07 Å². The zero-order valence-corrected chi connectivity index (χ0v) is 13.5. The lowest BCUT2D eigenvalue weighted by Gasteiger charge is -2.12.